The van der Waals surface area contributed by atoms with Crippen LogP contribution in [0.25, 0.3) is 0 Å². The normalized spacial score (nSPS) is 21.1. The Kier molecular flexibility index (Phi) is 5.12. The molecular weight excluding hydrogens is 256 g/mol. The second kappa shape index (κ2) is 5.99. The first-order chi connectivity index (χ1) is 8.24. The molecule has 1 unspecified atom stereocenters. The maximum atomic E-state index is 12.1. The summed E-state index contributed by atoms with van der Waals surface area (Å²) in [4.78, 5) is 11.0. The van der Waals surface area contributed by atoms with Gasteiger partial charge < -0.3 is 5.11 Å². The molecule has 1 atom stereocenters. The molecule has 0 aromatic heterocycles. The van der Waals surface area contributed by atoms with Gasteiger partial charge in [-0.2, -0.15) is 17.4 Å². The van der Waals surface area contributed by atoms with Crippen LogP contribution in [0.15, 0.2) is 0 Å². The van der Waals surface area contributed by atoms with Gasteiger partial charge in [0.1, 0.15) is 6.04 Å². The smallest absolute Gasteiger partial charge is 0.322 e. The molecule has 1 heterocycles. The largest absolute Gasteiger partial charge is 0.480 e. The molecule has 0 bridgehead atoms. The molecule has 1 rings (SSSR count). The zero-order valence-electron chi connectivity index (χ0n) is 11.1. The monoisotopic (exact) mass is 278 g/mol. The molecule has 7 heteroatoms. The Labute approximate surface area is 109 Å². The van der Waals surface area contributed by atoms with Crippen molar-refractivity contribution in [3.05, 3.63) is 0 Å². The van der Waals surface area contributed by atoms with Crippen molar-refractivity contribution in [2.75, 3.05) is 13.1 Å². The van der Waals surface area contributed by atoms with Gasteiger partial charge in [-0.15, -0.1) is 0 Å². The number of aliphatic carboxylic acids is 1. The van der Waals surface area contributed by atoms with Gasteiger partial charge in [-0.3, -0.25) is 4.79 Å². The molecule has 0 saturated carbocycles. The molecule has 6 nitrogen and oxygen atoms in total. The number of hydrogen-bond donors (Lipinski definition) is 2. The highest BCUT2D eigenvalue weighted by Crippen LogP contribution is 2.18. The lowest BCUT2D eigenvalue weighted by Gasteiger charge is -2.31. The molecule has 0 radical (unpaired) electrons. The predicted octanol–water partition coefficient (Wildman–Crippen LogP) is 0.662. The van der Waals surface area contributed by atoms with Crippen LogP contribution in [0.4, 0.5) is 0 Å². The van der Waals surface area contributed by atoms with Crippen molar-refractivity contribution in [2.45, 2.75) is 39.7 Å². The Morgan fingerprint density at radius 2 is 1.83 bits per heavy atom. The molecule has 0 spiro atoms. The van der Waals surface area contributed by atoms with Gasteiger partial charge in [0.05, 0.1) is 0 Å². The minimum Gasteiger partial charge on any atom is -0.480 e. The van der Waals surface area contributed by atoms with Crippen molar-refractivity contribution in [1.82, 2.24) is 9.03 Å². The van der Waals surface area contributed by atoms with E-state index < -0.39 is 22.2 Å². The summed E-state index contributed by atoms with van der Waals surface area (Å²) in [5.41, 5.74) is 0. The van der Waals surface area contributed by atoms with E-state index in [4.69, 9.17) is 5.11 Å². The summed E-state index contributed by atoms with van der Waals surface area (Å²) < 4.78 is 27.7. The van der Waals surface area contributed by atoms with Crippen LogP contribution in [-0.2, 0) is 15.0 Å². The fourth-order valence-corrected chi connectivity index (χ4v) is 3.47. The summed E-state index contributed by atoms with van der Waals surface area (Å²) in [5, 5.41) is 9.00. The van der Waals surface area contributed by atoms with Gasteiger partial charge in [-0.25, -0.2) is 0 Å². The van der Waals surface area contributed by atoms with Crippen LogP contribution in [0.2, 0.25) is 0 Å². The van der Waals surface area contributed by atoms with Crippen LogP contribution in [-0.4, -0.2) is 42.9 Å². The summed E-state index contributed by atoms with van der Waals surface area (Å²) >= 11 is 0. The highest BCUT2D eigenvalue weighted by molar-refractivity contribution is 7.87. The lowest BCUT2D eigenvalue weighted by atomic mass is 10.0. The van der Waals surface area contributed by atoms with Gasteiger partial charge in [0.2, 0.25) is 0 Å². The van der Waals surface area contributed by atoms with E-state index >= 15 is 0 Å². The minimum atomic E-state index is -3.69. The Bertz CT molecular complexity index is 386. The van der Waals surface area contributed by atoms with Crippen LogP contribution in [0.1, 0.15) is 33.6 Å². The number of hydrogen-bond acceptors (Lipinski definition) is 3. The van der Waals surface area contributed by atoms with Crippen molar-refractivity contribution < 1.29 is 18.3 Å². The van der Waals surface area contributed by atoms with Gasteiger partial charge in [0, 0.05) is 13.1 Å². The average Bonchev–Trinajstić information content (AvgIpc) is 2.26. The molecule has 2 N–H and O–H groups in total. The third-order valence-corrected chi connectivity index (χ3v) is 4.89. The molecule has 1 saturated heterocycles. The van der Waals surface area contributed by atoms with Crippen molar-refractivity contribution in [2.24, 2.45) is 11.8 Å². The standard InChI is InChI=1S/C11H22N2O4S/c1-8(2)10(11(14)15)12-18(16,17)13-6-4-9(3)5-7-13/h8-10,12H,4-7H2,1-3H3,(H,14,15). The molecule has 106 valence electrons. The molecule has 1 aliphatic rings. The molecular formula is C11H22N2O4S. The fourth-order valence-electron chi connectivity index (χ4n) is 1.93. The second-order valence-electron chi connectivity index (χ2n) is 5.26. The predicted molar refractivity (Wildman–Crippen MR) is 68.3 cm³/mol. The summed E-state index contributed by atoms with van der Waals surface area (Å²) in [6.07, 6.45) is 1.64. The van der Waals surface area contributed by atoms with Crippen LogP contribution in [0.3, 0.4) is 0 Å². The first kappa shape index (κ1) is 15.4. The van der Waals surface area contributed by atoms with Crippen molar-refractivity contribution in [1.29, 1.82) is 0 Å². The number of nitrogens with one attached hydrogen (secondary N) is 1. The van der Waals surface area contributed by atoms with Crippen molar-refractivity contribution in [3.8, 4) is 0 Å². The topological polar surface area (TPSA) is 86.7 Å². The number of nitrogens with zero attached hydrogens (tertiary/aromatic N) is 1. The molecule has 1 fully saturated rings. The van der Waals surface area contributed by atoms with Crippen molar-refractivity contribution >= 4 is 16.2 Å². The summed E-state index contributed by atoms with van der Waals surface area (Å²) in [6.45, 7) is 6.37. The molecule has 0 aromatic rings. The van der Waals surface area contributed by atoms with E-state index in [9.17, 15) is 13.2 Å². The Morgan fingerprint density at radius 3 is 2.22 bits per heavy atom. The Balaban J connectivity index is 2.72. The zero-order valence-corrected chi connectivity index (χ0v) is 11.9. The Hall–Kier alpha value is -0.660. The van der Waals surface area contributed by atoms with E-state index in [1.807, 2.05) is 0 Å². The number of carboxylic acids is 1. The van der Waals surface area contributed by atoms with E-state index in [0.717, 1.165) is 12.8 Å². The molecule has 18 heavy (non-hydrogen) atoms. The van der Waals surface area contributed by atoms with Crippen molar-refractivity contribution in [3.63, 3.8) is 0 Å². The van der Waals surface area contributed by atoms with Gasteiger partial charge in [-0.1, -0.05) is 20.8 Å². The molecule has 0 aliphatic carbocycles. The SMILES string of the molecule is CC1CCN(S(=O)(=O)NC(C(=O)O)C(C)C)CC1. The zero-order chi connectivity index (χ0) is 13.9. The van der Waals surface area contributed by atoms with Gasteiger partial charge in [0.15, 0.2) is 0 Å². The third kappa shape index (κ3) is 3.93. The third-order valence-electron chi connectivity index (χ3n) is 3.29. The maximum absolute atomic E-state index is 12.1. The number of rotatable bonds is 5. The molecule has 0 amide bonds. The second-order valence-corrected chi connectivity index (χ2v) is 6.97. The van der Waals surface area contributed by atoms with Gasteiger partial charge in [0.25, 0.3) is 10.2 Å². The van der Waals surface area contributed by atoms with E-state index in [0.29, 0.717) is 19.0 Å². The highest BCUT2D eigenvalue weighted by atomic mass is 32.2. The summed E-state index contributed by atoms with van der Waals surface area (Å²) in [7, 11) is -3.69. The lowest BCUT2D eigenvalue weighted by molar-refractivity contribution is -0.140. The maximum Gasteiger partial charge on any atom is 0.322 e. The first-order valence-electron chi connectivity index (χ1n) is 6.24. The van der Waals surface area contributed by atoms with E-state index in [2.05, 4.69) is 11.6 Å². The van der Waals surface area contributed by atoms with Crippen LogP contribution < -0.4 is 4.72 Å². The summed E-state index contributed by atoms with van der Waals surface area (Å²) in [6, 6.07) is -1.07. The van der Waals surface area contributed by atoms with Crippen LogP contribution in [0, 0.1) is 11.8 Å². The average molecular weight is 278 g/mol. The quantitative estimate of drug-likeness (QED) is 0.773. The number of piperidine rings is 1. The lowest BCUT2D eigenvalue weighted by Crippen LogP contribution is -2.52. The van der Waals surface area contributed by atoms with E-state index in [-0.39, 0.29) is 5.92 Å². The van der Waals surface area contributed by atoms with Gasteiger partial charge >= 0.3 is 5.97 Å². The summed E-state index contributed by atoms with van der Waals surface area (Å²) in [5.74, 6) is -0.906. The van der Waals surface area contributed by atoms with E-state index in [1.165, 1.54) is 4.31 Å². The van der Waals surface area contributed by atoms with Crippen LogP contribution >= 0.6 is 0 Å². The van der Waals surface area contributed by atoms with Crippen LogP contribution in [0.5, 0.6) is 0 Å². The number of carbonyl (C=O) groups is 1. The molecule has 1 aliphatic heterocycles. The van der Waals surface area contributed by atoms with Gasteiger partial charge in [-0.05, 0) is 24.7 Å². The number of carboxylic acid groups (broad SMARTS) is 1. The van der Waals surface area contributed by atoms with E-state index in [1.54, 1.807) is 13.8 Å². The molecule has 0 aromatic carbocycles. The Morgan fingerprint density at radius 1 is 1.33 bits per heavy atom. The fraction of sp³-hybridized carbons (Fsp3) is 0.909. The highest BCUT2D eigenvalue weighted by Gasteiger charge is 2.32. The minimum absolute atomic E-state index is 0.291. The first-order valence-corrected chi connectivity index (χ1v) is 7.68.